The van der Waals surface area contributed by atoms with Crippen molar-refractivity contribution in [2.75, 3.05) is 27.1 Å². The number of carbonyl (C=O) groups excluding carboxylic acids is 1. The minimum Gasteiger partial charge on any atom is -0.493 e. The number of hydrogen-bond acceptors (Lipinski definition) is 7. The summed E-state index contributed by atoms with van der Waals surface area (Å²) in [7, 11) is 4.54. The Hall–Kier alpha value is -3.00. The van der Waals surface area contributed by atoms with Crippen LogP contribution in [0.25, 0.3) is 17.1 Å². The van der Waals surface area contributed by atoms with Crippen LogP contribution in [0.2, 0.25) is 0 Å². The van der Waals surface area contributed by atoms with Gasteiger partial charge in [-0.15, -0.1) is 10.2 Å². The first-order valence-corrected chi connectivity index (χ1v) is 9.50. The molecule has 0 spiro atoms. The molecule has 7 nitrogen and oxygen atoms in total. The molecular weight excluding hydrogens is 378 g/mol. The Morgan fingerprint density at radius 2 is 1.71 bits per heavy atom. The van der Waals surface area contributed by atoms with Crippen molar-refractivity contribution in [3.63, 3.8) is 0 Å². The second-order valence-electron chi connectivity index (χ2n) is 5.91. The van der Waals surface area contributed by atoms with Crippen LogP contribution in [0.3, 0.4) is 0 Å². The number of methoxy groups -OCH3 is 3. The highest BCUT2D eigenvalue weighted by Crippen LogP contribution is 2.34. The summed E-state index contributed by atoms with van der Waals surface area (Å²) in [5.74, 6) is 1.69. The molecule has 1 aromatic heterocycles. The van der Waals surface area contributed by atoms with E-state index in [4.69, 9.17) is 14.2 Å². The average molecular weight is 399 g/mol. The van der Waals surface area contributed by atoms with Gasteiger partial charge < -0.3 is 14.2 Å². The minimum atomic E-state index is -0.323. The SMILES string of the molecule is COC(=O)CSc1nnc(-c2ccc(OC)c(OC)c2)n1-c1ccc(C)cc1. The van der Waals surface area contributed by atoms with Gasteiger partial charge in [-0.1, -0.05) is 29.5 Å². The maximum absolute atomic E-state index is 11.6. The summed E-state index contributed by atoms with van der Waals surface area (Å²) < 4.78 is 17.4. The first-order chi connectivity index (χ1) is 13.6. The molecule has 0 fully saturated rings. The molecule has 0 aliphatic rings. The highest BCUT2D eigenvalue weighted by Gasteiger charge is 2.19. The van der Waals surface area contributed by atoms with Crippen molar-refractivity contribution in [3.8, 4) is 28.6 Å². The predicted molar refractivity (Wildman–Crippen MR) is 107 cm³/mol. The summed E-state index contributed by atoms with van der Waals surface area (Å²) in [6, 6.07) is 13.6. The van der Waals surface area contributed by atoms with Crippen LogP contribution in [0.1, 0.15) is 5.56 Å². The monoisotopic (exact) mass is 399 g/mol. The van der Waals surface area contributed by atoms with Crippen LogP contribution in [0.15, 0.2) is 47.6 Å². The number of rotatable bonds is 7. The molecule has 28 heavy (non-hydrogen) atoms. The van der Waals surface area contributed by atoms with Crippen molar-refractivity contribution in [1.29, 1.82) is 0 Å². The number of hydrogen-bond donors (Lipinski definition) is 0. The Bertz CT molecular complexity index is 970. The molecule has 146 valence electrons. The van der Waals surface area contributed by atoms with Gasteiger partial charge in [0.15, 0.2) is 22.5 Å². The third kappa shape index (κ3) is 4.12. The quantitative estimate of drug-likeness (QED) is 0.444. The molecule has 0 atom stereocenters. The van der Waals surface area contributed by atoms with Gasteiger partial charge in [-0.25, -0.2) is 0 Å². The highest BCUT2D eigenvalue weighted by atomic mass is 32.2. The van der Waals surface area contributed by atoms with E-state index in [1.54, 1.807) is 14.2 Å². The van der Waals surface area contributed by atoms with Gasteiger partial charge in [-0.2, -0.15) is 0 Å². The number of benzene rings is 2. The fourth-order valence-electron chi connectivity index (χ4n) is 2.63. The third-order valence-electron chi connectivity index (χ3n) is 4.11. The molecule has 0 N–H and O–H groups in total. The van der Waals surface area contributed by atoms with Gasteiger partial charge >= 0.3 is 5.97 Å². The predicted octanol–water partition coefficient (Wildman–Crippen LogP) is 3.53. The van der Waals surface area contributed by atoms with Crippen LogP contribution >= 0.6 is 11.8 Å². The molecule has 0 aliphatic carbocycles. The summed E-state index contributed by atoms with van der Waals surface area (Å²) in [6.07, 6.45) is 0. The van der Waals surface area contributed by atoms with Gasteiger partial charge in [-0.3, -0.25) is 9.36 Å². The van der Waals surface area contributed by atoms with Crippen molar-refractivity contribution in [1.82, 2.24) is 14.8 Å². The zero-order valence-corrected chi connectivity index (χ0v) is 16.9. The second kappa shape index (κ2) is 8.79. The van der Waals surface area contributed by atoms with Crippen LogP contribution in [-0.4, -0.2) is 47.8 Å². The van der Waals surface area contributed by atoms with Crippen LogP contribution in [0.4, 0.5) is 0 Å². The lowest BCUT2D eigenvalue weighted by Crippen LogP contribution is -2.05. The van der Waals surface area contributed by atoms with E-state index in [-0.39, 0.29) is 11.7 Å². The number of aromatic nitrogens is 3. The van der Waals surface area contributed by atoms with E-state index in [0.29, 0.717) is 22.5 Å². The number of carbonyl (C=O) groups is 1. The maximum atomic E-state index is 11.6. The molecule has 0 saturated carbocycles. The first kappa shape index (κ1) is 19.8. The lowest BCUT2D eigenvalue weighted by Gasteiger charge is -2.12. The molecule has 0 unspecified atom stereocenters. The summed E-state index contributed by atoms with van der Waals surface area (Å²) in [5.41, 5.74) is 2.86. The van der Waals surface area contributed by atoms with E-state index in [2.05, 4.69) is 10.2 Å². The smallest absolute Gasteiger partial charge is 0.316 e. The normalized spacial score (nSPS) is 10.6. The molecule has 3 rings (SSSR count). The summed E-state index contributed by atoms with van der Waals surface area (Å²) >= 11 is 1.27. The van der Waals surface area contributed by atoms with Crippen molar-refractivity contribution >= 4 is 17.7 Å². The van der Waals surface area contributed by atoms with Gasteiger partial charge in [0.2, 0.25) is 0 Å². The minimum absolute atomic E-state index is 0.145. The van der Waals surface area contributed by atoms with Gasteiger partial charge in [0, 0.05) is 11.3 Å². The van der Waals surface area contributed by atoms with Crippen molar-refractivity contribution in [3.05, 3.63) is 48.0 Å². The number of nitrogens with zero attached hydrogens (tertiary/aromatic N) is 3. The largest absolute Gasteiger partial charge is 0.493 e. The van der Waals surface area contributed by atoms with Crippen LogP contribution < -0.4 is 9.47 Å². The Kier molecular flexibility index (Phi) is 6.20. The van der Waals surface area contributed by atoms with E-state index in [1.807, 2.05) is 54.0 Å². The molecule has 3 aromatic rings. The summed E-state index contributed by atoms with van der Waals surface area (Å²) in [6.45, 7) is 2.03. The van der Waals surface area contributed by atoms with Gasteiger partial charge in [0.1, 0.15) is 0 Å². The molecule has 0 aliphatic heterocycles. The molecular formula is C20H21N3O4S. The van der Waals surface area contributed by atoms with E-state index in [1.165, 1.54) is 18.9 Å². The second-order valence-corrected chi connectivity index (χ2v) is 6.85. The number of aryl methyl sites for hydroxylation is 1. The zero-order chi connectivity index (χ0) is 20.1. The molecule has 8 heteroatoms. The van der Waals surface area contributed by atoms with Gasteiger partial charge in [0.25, 0.3) is 0 Å². The standard InChI is InChI=1S/C20H21N3O4S/c1-13-5-8-15(9-6-13)23-19(21-22-20(23)28-12-18(24)27-4)14-7-10-16(25-2)17(11-14)26-3/h5-11H,12H2,1-4H3. The zero-order valence-electron chi connectivity index (χ0n) is 16.1. The molecule has 0 amide bonds. The van der Waals surface area contributed by atoms with Crippen molar-refractivity contribution in [2.24, 2.45) is 0 Å². The van der Waals surface area contributed by atoms with E-state index in [9.17, 15) is 4.79 Å². The van der Waals surface area contributed by atoms with E-state index in [0.717, 1.165) is 16.8 Å². The Balaban J connectivity index is 2.09. The van der Waals surface area contributed by atoms with Gasteiger partial charge in [0.05, 0.1) is 27.1 Å². The van der Waals surface area contributed by atoms with Crippen molar-refractivity contribution < 1.29 is 19.0 Å². The summed E-state index contributed by atoms with van der Waals surface area (Å²) in [4.78, 5) is 11.6. The van der Waals surface area contributed by atoms with Crippen molar-refractivity contribution in [2.45, 2.75) is 12.1 Å². The third-order valence-corrected chi connectivity index (χ3v) is 5.02. The lowest BCUT2D eigenvalue weighted by molar-refractivity contribution is -0.137. The Morgan fingerprint density at radius 3 is 2.36 bits per heavy atom. The Labute approximate surface area is 167 Å². The van der Waals surface area contributed by atoms with Crippen LogP contribution in [0, 0.1) is 6.92 Å². The Morgan fingerprint density at radius 1 is 1.00 bits per heavy atom. The number of ether oxygens (including phenoxy) is 3. The molecule has 0 bridgehead atoms. The fraction of sp³-hybridized carbons (Fsp3) is 0.250. The van der Waals surface area contributed by atoms with Crippen LogP contribution in [0.5, 0.6) is 11.5 Å². The fourth-order valence-corrected chi connectivity index (χ4v) is 3.42. The first-order valence-electron chi connectivity index (χ1n) is 8.52. The lowest BCUT2D eigenvalue weighted by atomic mass is 10.1. The molecule has 2 aromatic carbocycles. The van der Waals surface area contributed by atoms with E-state index >= 15 is 0 Å². The maximum Gasteiger partial charge on any atom is 0.316 e. The number of thioether (sulfide) groups is 1. The topological polar surface area (TPSA) is 75.5 Å². The number of esters is 1. The van der Waals surface area contributed by atoms with E-state index < -0.39 is 0 Å². The summed E-state index contributed by atoms with van der Waals surface area (Å²) in [5, 5.41) is 9.25. The highest BCUT2D eigenvalue weighted by molar-refractivity contribution is 7.99. The molecule has 0 radical (unpaired) electrons. The molecule has 1 heterocycles. The van der Waals surface area contributed by atoms with Gasteiger partial charge in [-0.05, 0) is 37.3 Å². The molecule has 0 saturated heterocycles. The van der Waals surface area contributed by atoms with Crippen LogP contribution in [-0.2, 0) is 9.53 Å². The average Bonchev–Trinajstić information content (AvgIpc) is 3.15.